The first-order chi connectivity index (χ1) is 12.8. The summed E-state index contributed by atoms with van der Waals surface area (Å²) in [6.07, 6.45) is 7.52. The van der Waals surface area contributed by atoms with Gasteiger partial charge in [0.15, 0.2) is 5.82 Å². The van der Waals surface area contributed by atoms with Gasteiger partial charge in [-0.3, -0.25) is 4.72 Å². The van der Waals surface area contributed by atoms with E-state index < -0.39 is 10.0 Å². The summed E-state index contributed by atoms with van der Waals surface area (Å²) in [7, 11) is -3.39. The van der Waals surface area contributed by atoms with Gasteiger partial charge >= 0.3 is 0 Å². The summed E-state index contributed by atoms with van der Waals surface area (Å²) >= 11 is 0. The van der Waals surface area contributed by atoms with Crippen LogP contribution in [0.25, 0.3) is 11.4 Å². The molecule has 0 fully saturated rings. The summed E-state index contributed by atoms with van der Waals surface area (Å²) in [6.45, 7) is 6.85. The minimum absolute atomic E-state index is 0.0442. The third-order valence-corrected chi connectivity index (χ3v) is 4.96. The molecule has 0 aromatic carbocycles. The second-order valence-corrected chi connectivity index (χ2v) is 7.50. The lowest BCUT2D eigenvalue weighted by Gasteiger charge is -2.07. The van der Waals surface area contributed by atoms with Crippen LogP contribution in [0.2, 0.25) is 0 Å². The van der Waals surface area contributed by atoms with Crippen LogP contribution in [0.4, 0.5) is 5.69 Å². The molecule has 2 aromatic heterocycles. The van der Waals surface area contributed by atoms with E-state index in [1.54, 1.807) is 19.1 Å². The Bertz CT molecular complexity index is 1040. The van der Waals surface area contributed by atoms with Crippen molar-refractivity contribution in [3.63, 3.8) is 0 Å². The molecule has 27 heavy (non-hydrogen) atoms. The zero-order valence-corrected chi connectivity index (χ0v) is 15.7. The van der Waals surface area contributed by atoms with Gasteiger partial charge in [-0.05, 0) is 37.6 Å². The third-order valence-electron chi connectivity index (χ3n) is 3.65. The monoisotopic (exact) mass is 385 g/mol. The normalized spacial score (nSPS) is 12.5. The molecule has 0 atom stereocenters. The molecule has 0 radical (unpaired) electrons. The van der Waals surface area contributed by atoms with Gasteiger partial charge in [0.25, 0.3) is 0 Å². The average molecular weight is 385 g/mol. The SMILES string of the molecule is C=C/C(C#N)=C\C=C(/C)c1cnn(-c2ccc(NS(=O)(=O)CC)cn2)c1O. The zero-order valence-electron chi connectivity index (χ0n) is 14.9. The van der Waals surface area contributed by atoms with Crippen LogP contribution < -0.4 is 4.72 Å². The van der Waals surface area contributed by atoms with E-state index in [9.17, 15) is 13.5 Å². The molecule has 140 valence electrons. The smallest absolute Gasteiger partial charge is 0.232 e. The number of allylic oxidation sites excluding steroid dienone is 5. The molecule has 8 nitrogen and oxygen atoms in total. The molecule has 0 aliphatic heterocycles. The molecule has 9 heteroatoms. The van der Waals surface area contributed by atoms with E-state index in [-0.39, 0.29) is 11.6 Å². The first-order valence-corrected chi connectivity index (χ1v) is 9.62. The van der Waals surface area contributed by atoms with Gasteiger partial charge in [-0.25, -0.2) is 13.4 Å². The summed E-state index contributed by atoms with van der Waals surface area (Å²) < 4.78 is 26.8. The Kier molecular flexibility index (Phi) is 6.15. The number of hydrogen-bond acceptors (Lipinski definition) is 6. The van der Waals surface area contributed by atoms with Crippen LogP contribution in [-0.2, 0) is 10.0 Å². The van der Waals surface area contributed by atoms with E-state index in [2.05, 4.69) is 21.4 Å². The molecule has 2 rings (SSSR count). The fourth-order valence-electron chi connectivity index (χ4n) is 2.07. The molecule has 0 aliphatic carbocycles. The maximum Gasteiger partial charge on any atom is 0.232 e. The lowest BCUT2D eigenvalue weighted by atomic mass is 10.1. The van der Waals surface area contributed by atoms with Crippen molar-refractivity contribution in [1.29, 1.82) is 5.26 Å². The molecular formula is C18H19N5O3S. The maximum absolute atomic E-state index is 11.6. The summed E-state index contributed by atoms with van der Waals surface area (Å²) in [4.78, 5) is 4.13. The number of nitrogens with zero attached hydrogens (tertiary/aromatic N) is 4. The van der Waals surface area contributed by atoms with Gasteiger partial charge in [-0.2, -0.15) is 15.0 Å². The largest absolute Gasteiger partial charge is 0.493 e. The maximum atomic E-state index is 11.6. The second kappa shape index (κ2) is 8.33. The number of aromatic nitrogens is 3. The molecule has 0 bridgehead atoms. The van der Waals surface area contributed by atoms with Gasteiger partial charge in [0.1, 0.15) is 0 Å². The molecule has 2 aromatic rings. The number of rotatable bonds is 7. The summed E-state index contributed by atoms with van der Waals surface area (Å²) in [5, 5.41) is 23.4. The van der Waals surface area contributed by atoms with Crippen molar-refractivity contribution in [1.82, 2.24) is 14.8 Å². The highest BCUT2D eigenvalue weighted by Crippen LogP contribution is 2.27. The second-order valence-electron chi connectivity index (χ2n) is 5.49. The topological polar surface area (TPSA) is 121 Å². The van der Waals surface area contributed by atoms with Gasteiger partial charge < -0.3 is 5.11 Å². The number of anilines is 1. The Balaban J connectivity index is 2.29. The zero-order chi connectivity index (χ0) is 20.0. The minimum Gasteiger partial charge on any atom is -0.493 e. The Labute approximate surface area is 157 Å². The van der Waals surface area contributed by atoms with Crippen LogP contribution in [0.3, 0.4) is 0 Å². The molecule has 0 spiro atoms. The van der Waals surface area contributed by atoms with E-state index in [1.165, 1.54) is 42.2 Å². The van der Waals surface area contributed by atoms with Crippen molar-refractivity contribution in [2.75, 3.05) is 10.5 Å². The number of aromatic hydroxyl groups is 1. The van der Waals surface area contributed by atoms with Crippen molar-refractivity contribution in [3.05, 3.63) is 60.5 Å². The molecule has 2 heterocycles. The first kappa shape index (κ1) is 19.9. The van der Waals surface area contributed by atoms with Crippen LogP contribution >= 0.6 is 0 Å². The van der Waals surface area contributed by atoms with Crippen molar-refractivity contribution in [2.24, 2.45) is 0 Å². The molecule has 0 unspecified atom stereocenters. The molecular weight excluding hydrogens is 366 g/mol. The number of nitrogens with one attached hydrogen (secondary N) is 1. The fraction of sp³-hybridized carbons (Fsp3) is 0.167. The Morgan fingerprint density at radius 2 is 2.15 bits per heavy atom. The van der Waals surface area contributed by atoms with Crippen molar-refractivity contribution < 1.29 is 13.5 Å². The molecule has 0 saturated carbocycles. The minimum atomic E-state index is -3.39. The van der Waals surface area contributed by atoms with Crippen molar-refractivity contribution in [2.45, 2.75) is 13.8 Å². The predicted molar refractivity (Wildman–Crippen MR) is 104 cm³/mol. The highest BCUT2D eigenvalue weighted by atomic mass is 32.2. The molecule has 0 amide bonds. The van der Waals surface area contributed by atoms with E-state index in [0.29, 0.717) is 28.2 Å². The average Bonchev–Trinajstić information content (AvgIpc) is 3.04. The van der Waals surface area contributed by atoms with E-state index in [1.807, 2.05) is 6.07 Å². The van der Waals surface area contributed by atoms with E-state index >= 15 is 0 Å². The van der Waals surface area contributed by atoms with Crippen LogP contribution in [0.1, 0.15) is 19.4 Å². The Morgan fingerprint density at radius 3 is 2.70 bits per heavy atom. The summed E-state index contributed by atoms with van der Waals surface area (Å²) in [5.41, 5.74) is 1.89. The Morgan fingerprint density at radius 1 is 1.41 bits per heavy atom. The first-order valence-electron chi connectivity index (χ1n) is 7.96. The number of pyridine rings is 1. The van der Waals surface area contributed by atoms with Gasteiger partial charge in [-0.1, -0.05) is 18.7 Å². The predicted octanol–water partition coefficient (Wildman–Crippen LogP) is 2.77. The highest BCUT2D eigenvalue weighted by molar-refractivity contribution is 7.92. The quantitative estimate of drug-likeness (QED) is 0.558. The van der Waals surface area contributed by atoms with Crippen LogP contribution in [0.5, 0.6) is 5.88 Å². The summed E-state index contributed by atoms with van der Waals surface area (Å²) in [5.74, 6) is 0.159. The lowest BCUT2D eigenvalue weighted by molar-refractivity contribution is 0.430. The van der Waals surface area contributed by atoms with Gasteiger partial charge in [0.2, 0.25) is 15.9 Å². The number of hydrogen-bond donors (Lipinski definition) is 2. The van der Waals surface area contributed by atoms with Crippen molar-refractivity contribution >= 4 is 21.3 Å². The fourth-order valence-corrected chi connectivity index (χ4v) is 2.69. The van der Waals surface area contributed by atoms with Gasteiger partial charge in [0.05, 0.1) is 41.0 Å². The van der Waals surface area contributed by atoms with Crippen molar-refractivity contribution in [3.8, 4) is 17.8 Å². The van der Waals surface area contributed by atoms with Crippen LogP contribution in [-0.4, -0.2) is 34.0 Å². The van der Waals surface area contributed by atoms with Crippen LogP contribution in [0.15, 0.2) is 54.9 Å². The van der Waals surface area contributed by atoms with Crippen LogP contribution in [0, 0.1) is 11.3 Å². The molecule has 0 saturated heterocycles. The molecule has 0 aliphatic rings. The molecule has 2 N–H and O–H groups in total. The number of nitriles is 1. The standard InChI is InChI=1S/C18H19N5O3S/c1-4-14(10-19)7-6-13(3)16-12-21-23(18(16)24)17-9-8-15(11-20-17)22-27(25,26)5-2/h4,6-9,11-12,22,24H,1,5H2,2-3H3/b13-6+,14-7+. The third kappa shape index (κ3) is 4.83. The van der Waals surface area contributed by atoms with E-state index in [4.69, 9.17) is 5.26 Å². The Hall–Kier alpha value is -3.38. The lowest BCUT2D eigenvalue weighted by Crippen LogP contribution is -2.14. The van der Waals surface area contributed by atoms with Gasteiger partial charge in [0, 0.05) is 0 Å². The summed E-state index contributed by atoms with van der Waals surface area (Å²) in [6, 6.07) is 5.06. The highest BCUT2D eigenvalue weighted by Gasteiger charge is 2.14. The number of sulfonamides is 1. The van der Waals surface area contributed by atoms with E-state index in [0.717, 1.165) is 0 Å². The van der Waals surface area contributed by atoms with Gasteiger partial charge in [-0.15, -0.1) is 0 Å².